The van der Waals surface area contributed by atoms with E-state index < -0.39 is 0 Å². The van der Waals surface area contributed by atoms with Crippen molar-refractivity contribution in [2.45, 2.75) is 20.3 Å². The van der Waals surface area contributed by atoms with E-state index in [0.717, 1.165) is 5.56 Å². The molecule has 0 aliphatic carbocycles. The molecule has 0 fully saturated rings. The maximum Gasteiger partial charge on any atom is 0.189 e. The fourth-order valence-corrected chi connectivity index (χ4v) is 1.07. The second kappa shape index (κ2) is 4.77. The van der Waals surface area contributed by atoms with Crippen LogP contribution in [0.25, 0.3) is 0 Å². The molecule has 0 heterocycles. The van der Waals surface area contributed by atoms with Gasteiger partial charge in [-0.25, -0.2) is 0 Å². The van der Waals surface area contributed by atoms with Crippen molar-refractivity contribution in [3.05, 3.63) is 29.3 Å². The molecule has 3 heteroatoms. The lowest BCUT2D eigenvalue weighted by molar-refractivity contribution is 0.299. The van der Waals surface area contributed by atoms with Crippen LogP contribution in [0.4, 0.5) is 0 Å². The number of hydrogen-bond acceptors (Lipinski definition) is 3. The largest absolute Gasteiger partial charge is 0.444 e. The van der Waals surface area contributed by atoms with Crippen LogP contribution in [-0.4, -0.2) is 17.6 Å². The Morgan fingerprint density at radius 2 is 2.07 bits per heavy atom. The molecule has 0 amide bonds. The molecule has 0 aliphatic rings. The standard InChI is InChI=1S/C11H15NO2/c1-8-3-4-10(7-9(8)2)14-11(12)5-6-13/h3-4,7,12-13H,5-6H2,1-2H3. The minimum atomic E-state index is -0.0519. The highest BCUT2D eigenvalue weighted by molar-refractivity contribution is 5.75. The van der Waals surface area contributed by atoms with E-state index in [0.29, 0.717) is 5.75 Å². The van der Waals surface area contributed by atoms with Gasteiger partial charge in [-0.05, 0) is 37.1 Å². The normalized spacial score (nSPS) is 9.93. The summed E-state index contributed by atoms with van der Waals surface area (Å²) in [6.07, 6.45) is 0.257. The summed E-state index contributed by atoms with van der Waals surface area (Å²) in [5, 5.41) is 16.0. The Labute approximate surface area is 83.8 Å². The zero-order valence-electron chi connectivity index (χ0n) is 8.50. The average molecular weight is 193 g/mol. The van der Waals surface area contributed by atoms with Crippen LogP contribution >= 0.6 is 0 Å². The topological polar surface area (TPSA) is 53.3 Å². The molecule has 1 aromatic rings. The number of ether oxygens (including phenoxy) is 1. The van der Waals surface area contributed by atoms with Crippen molar-refractivity contribution < 1.29 is 9.84 Å². The van der Waals surface area contributed by atoms with Gasteiger partial charge in [0.05, 0.1) is 6.61 Å². The molecule has 1 rings (SSSR count). The molecule has 0 aromatic heterocycles. The van der Waals surface area contributed by atoms with Crippen LogP contribution in [-0.2, 0) is 0 Å². The average Bonchev–Trinajstić information content (AvgIpc) is 2.12. The summed E-state index contributed by atoms with van der Waals surface area (Å²) in [5.74, 6) is 0.752. The first-order valence-electron chi connectivity index (χ1n) is 4.57. The molecular formula is C11H15NO2. The summed E-state index contributed by atoms with van der Waals surface area (Å²) in [7, 11) is 0. The summed E-state index contributed by atoms with van der Waals surface area (Å²) in [6.45, 7) is 3.97. The Morgan fingerprint density at radius 1 is 1.36 bits per heavy atom. The van der Waals surface area contributed by atoms with E-state index in [9.17, 15) is 0 Å². The monoisotopic (exact) mass is 193 g/mol. The zero-order chi connectivity index (χ0) is 10.6. The van der Waals surface area contributed by atoms with Crippen molar-refractivity contribution in [2.24, 2.45) is 0 Å². The molecule has 0 bridgehead atoms. The van der Waals surface area contributed by atoms with Crippen LogP contribution in [0.3, 0.4) is 0 Å². The van der Waals surface area contributed by atoms with Gasteiger partial charge in [0.1, 0.15) is 5.75 Å². The van der Waals surface area contributed by atoms with Crippen LogP contribution in [0.15, 0.2) is 18.2 Å². The third kappa shape index (κ3) is 2.85. The van der Waals surface area contributed by atoms with E-state index in [1.165, 1.54) is 5.56 Å². The van der Waals surface area contributed by atoms with E-state index in [4.69, 9.17) is 15.3 Å². The van der Waals surface area contributed by atoms with Gasteiger partial charge in [-0.1, -0.05) is 6.07 Å². The van der Waals surface area contributed by atoms with E-state index >= 15 is 0 Å². The predicted octanol–water partition coefficient (Wildman–Crippen LogP) is 2.04. The SMILES string of the molecule is Cc1ccc(OC(=N)CCO)cc1C. The van der Waals surface area contributed by atoms with Crippen molar-refractivity contribution in [2.75, 3.05) is 6.61 Å². The first kappa shape index (κ1) is 10.7. The summed E-state index contributed by atoms with van der Waals surface area (Å²) < 4.78 is 5.21. The Balaban J connectivity index is 2.68. The molecule has 0 radical (unpaired) electrons. The molecule has 14 heavy (non-hydrogen) atoms. The fourth-order valence-electron chi connectivity index (χ4n) is 1.07. The minimum absolute atomic E-state index is 0.0519. The first-order chi connectivity index (χ1) is 6.63. The number of nitrogens with one attached hydrogen (secondary N) is 1. The minimum Gasteiger partial charge on any atom is -0.444 e. The Kier molecular flexibility index (Phi) is 3.65. The number of rotatable bonds is 3. The van der Waals surface area contributed by atoms with Gasteiger partial charge in [-0.2, -0.15) is 0 Å². The highest BCUT2D eigenvalue weighted by atomic mass is 16.5. The lowest BCUT2D eigenvalue weighted by Crippen LogP contribution is -2.08. The van der Waals surface area contributed by atoms with Crippen molar-refractivity contribution in [1.29, 1.82) is 5.41 Å². The van der Waals surface area contributed by atoms with E-state index in [2.05, 4.69) is 0 Å². The van der Waals surface area contributed by atoms with Gasteiger partial charge in [-0.15, -0.1) is 0 Å². The van der Waals surface area contributed by atoms with Crippen molar-refractivity contribution in [3.63, 3.8) is 0 Å². The summed E-state index contributed by atoms with van der Waals surface area (Å²) in [4.78, 5) is 0. The van der Waals surface area contributed by atoms with E-state index in [1.54, 1.807) is 0 Å². The number of aryl methyl sites for hydroxylation is 2. The first-order valence-corrected chi connectivity index (χ1v) is 4.57. The molecule has 0 unspecified atom stereocenters. The third-order valence-corrected chi connectivity index (χ3v) is 2.06. The quantitative estimate of drug-likeness (QED) is 0.570. The fraction of sp³-hybridized carbons (Fsp3) is 0.364. The van der Waals surface area contributed by atoms with Gasteiger partial charge in [-0.3, -0.25) is 5.41 Å². The predicted molar refractivity (Wildman–Crippen MR) is 56.0 cm³/mol. The summed E-state index contributed by atoms with van der Waals surface area (Å²) in [5.41, 5.74) is 2.34. The molecule has 0 saturated heterocycles. The molecule has 0 aliphatic heterocycles. The Morgan fingerprint density at radius 3 is 2.64 bits per heavy atom. The smallest absolute Gasteiger partial charge is 0.189 e. The lowest BCUT2D eigenvalue weighted by Gasteiger charge is -2.07. The van der Waals surface area contributed by atoms with Crippen molar-refractivity contribution in [1.82, 2.24) is 0 Å². The van der Waals surface area contributed by atoms with Crippen LogP contribution in [0, 0.1) is 19.3 Å². The Bertz CT molecular complexity index is 334. The van der Waals surface area contributed by atoms with Gasteiger partial charge in [0.2, 0.25) is 0 Å². The molecule has 0 atom stereocenters. The summed E-state index contributed by atoms with van der Waals surface area (Å²) >= 11 is 0. The van der Waals surface area contributed by atoms with Crippen molar-refractivity contribution in [3.8, 4) is 5.75 Å². The van der Waals surface area contributed by atoms with Crippen LogP contribution in [0.5, 0.6) is 5.75 Å². The molecule has 3 nitrogen and oxygen atoms in total. The number of benzene rings is 1. The number of aliphatic hydroxyl groups excluding tert-OH is 1. The van der Waals surface area contributed by atoms with Gasteiger partial charge in [0.15, 0.2) is 5.90 Å². The van der Waals surface area contributed by atoms with Gasteiger partial charge >= 0.3 is 0 Å². The van der Waals surface area contributed by atoms with E-state index in [-0.39, 0.29) is 18.9 Å². The molecule has 76 valence electrons. The highest BCUT2D eigenvalue weighted by Gasteiger charge is 2.01. The van der Waals surface area contributed by atoms with Crippen LogP contribution < -0.4 is 4.74 Å². The highest BCUT2D eigenvalue weighted by Crippen LogP contribution is 2.16. The zero-order valence-corrected chi connectivity index (χ0v) is 8.50. The van der Waals surface area contributed by atoms with Crippen LogP contribution in [0.1, 0.15) is 17.5 Å². The molecule has 0 spiro atoms. The van der Waals surface area contributed by atoms with Gasteiger partial charge in [0, 0.05) is 6.42 Å². The third-order valence-electron chi connectivity index (χ3n) is 2.06. The molecule has 0 saturated carbocycles. The maximum absolute atomic E-state index is 8.59. The second-order valence-corrected chi connectivity index (χ2v) is 3.24. The van der Waals surface area contributed by atoms with E-state index in [1.807, 2.05) is 32.0 Å². The molecular weight excluding hydrogens is 178 g/mol. The number of aliphatic hydroxyl groups is 1. The summed E-state index contributed by atoms with van der Waals surface area (Å²) in [6, 6.07) is 5.67. The number of hydrogen-bond donors (Lipinski definition) is 2. The second-order valence-electron chi connectivity index (χ2n) is 3.24. The van der Waals surface area contributed by atoms with Crippen molar-refractivity contribution >= 4 is 5.90 Å². The maximum atomic E-state index is 8.59. The molecule has 1 aromatic carbocycles. The van der Waals surface area contributed by atoms with Gasteiger partial charge in [0.25, 0.3) is 0 Å². The van der Waals surface area contributed by atoms with Crippen LogP contribution in [0.2, 0.25) is 0 Å². The molecule has 2 N–H and O–H groups in total. The Hall–Kier alpha value is -1.35. The van der Waals surface area contributed by atoms with Gasteiger partial charge < -0.3 is 9.84 Å². The lowest BCUT2D eigenvalue weighted by atomic mass is 10.1.